The van der Waals surface area contributed by atoms with Gasteiger partial charge in [-0.3, -0.25) is 14.6 Å². The molecule has 1 aromatic carbocycles. The quantitative estimate of drug-likeness (QED) is 0.496. The van der Waals surface area contributed by atoms with E-state index >= 15 is 0 Å². The summed E-state index contributed by atoms with van der Waals surface area (Å²) in [5.74, 6) is -0.157. The molecule has 0 N–H and O–H groups in total. The van der Waals surface area contributed by atoms with Crippen LogP contribution in [0.2, 0.25) is 5.15 Å². The lowest BCUT2D eigenvalue weighted by molar-refractivity contribution is 0.0841. The lowest BCUT2D eigenvalue weighted by Gasteiger charge is -2.33. The molecule has 0 bridgehead atoms. The molecule has 2 aromatic heterocycles. The molecule has 7 nitrogen and oxygen atoms in total. The third-order valence-electron chi connectivity index (χ3n) is 6.17. The van der Waals surface area contributed by atoms with E-state index in [1.165, 1.54) is 6.07 Å². The van der Waals surface area contributed by atoms with Crippen molar-refractivity contribution < 1.29 is 13.6 Å². The fourth-order valence-corrected chi connectivity index (χ4v) is 4.46. The number of fused-ring (bicyclic) bond motifs is 3. The van der Waals surface area contributed by atoms with E-state index in [1.807, 2.05) is 16.4 Å². The normalized spacial score (nSPS) is 17.3. The molecule has 1 unspecified atom stereocenters. The molecule has 3 aromatic rings. The first-order valence-corrected chi connectivity index (χ1v) is 11.5. The van der Waals surface area contributed by atoms with Crippen molar-refractivity contribution in [1.82, 2.24) is 19.4 Å². The lowest BCUT2D eigenvalue weighted by atomic mass is 10.1. The van der Waals surface area contributed by atoms with Crippen LogP contribution in [-0.2, 0) is 6.54 Å². The van der Waals surface area contributed by atoms with Gasteiger partial charge in [0.25, 0.3) is 5.91 Å². The van der Waals surface area contributed by atoms with Gasteiger partial charge in [-0.2, -0.15) is 0 Å². The predicted molar refractivity (Wildman–Crippen MR) is 126 cm³/mol. The maximum Gasteiger partial charge on any atom is 0.283 e. The number of aliphatic imine (C=N–C) groups is 1. The van der Waals surface area contributed by atoms with Gasteiger partial charge in [-0.05, 0) is 42.7 Å². The van der Waals surface area contributed by atoms with Crippen molar-refractivity contribution in [3.63, 3.8) is 0 Å². The highest BCUT2D eigenvalue weighted by atomic mass is 35.5. The maximum atomic E-state index is 14.0. The van der Waals surface area contributed by atoms with Crippen LogP contribution in [0.25, 0.3) is 11.4 Å². The number of pyridine rings is 1. The zero-order chi connectivity index (χ0) is 24.1. The molecule has 2 aliphatic heterocycles. The zero-order valence-electron chi connectivity index (χ0n) is 19.0. The van der Waals surface area contributed by atoms with Gasteiger partial charge in [-0.1, -0.05) is 31.5 Å². The minimum atomic E-state index is -0.933. The van der Waals surface area contributed by atoms with E-state index in [9.17, 15) is 13.6 Å². The van der Waals surface area contributed by atoms with Gasteiger partial charge in [0, 0.05) is 18.3 Å². The van der Waals surface area contributed by atoms with Crippen LogP contribution in [0.5, 0.6) is 0 Å². The molecule has 2 aliphatic rings. The van der Waals surface area contributed by atoms with Gasteiger partial charge in [0.2, 0.25) is 5.96 Å². The van der Waals surface area contributed by atoms with E-state index in [0.29, 0.717) is 47.0 Å². The number of carbonyl (C=O) groups is 1. The number of halogens is 3. The molecule has 0 aliphatic carbocycles. The Balaban J connectivity index is 1.71. The molecule has 1 amide bonds. The highest BCUT2D eigenvalue weighted by molar-refractivity contribution is 6.29. The molecule has 0 fully saturated rings. The van der Waals surface area contributed by atoms with Gasteiger partial charge in [0.05, 0.1) is 19.1 Å². The summed E-state index contributed by atoms with van der Waals surface area (Å²) in [6.07, 6.45) is 1.58. The van der Waals surface area contributed by atoms with Crippen LogP contribution in [0.3, 0.4) is 0 Å². The average Bonchev–Trinajstić information content (AvgIpc) is 3.40. The molecule has 0 radical (unpaired) electrons. The first-order chi connectivity index (χ1) is 16.3. The number of hydrogen-bond donors (Lipinski definition) is 0. The number of benzene rings is 1. The third-order valence-corrected chi connectivity index (χ3v) is 6.40. The van der Waals surface area contributed by atoms with E-state index in [-0.39, 0.29) is 30.1 Å². The van der Waals surface area contributed by atoms with Crippen molar-refractivity contribution in [2.24, 2.45) is 10.9 Å². The molecule has 0 spiro atoms. The van der Waals surface area contributed by atoms with Crippen LogP contribution in [-0.4, -0.2) is 50.4 Å². The predicted octanol–water partition coefficient (Wildman–Crippen LogP) is 4.60. The van der Waals surface area contributed by atoms with Crippen molar-refractivity contribution in [3.05, 3.63) is 64.6 Å². The van der Waals surface area contributed by atoms with E-state index in [2.05, 4.69) is 18.8 Å². The molecule has 4 heterocycles. The molecule has 10 heteroatoms. The summed E-state index contributed by atoms with van der Waals surface area (Å²) in [5.41, 5.74) is 1.47. The number of amides is 1. The van der Waals surface area contributed by atoms with Crippen LogP contribution in [0, 0.1) is 17.6 Å². The van der Waals surface area contributed by atoms with Crippen LogP contribution >= 0.6 is 11.6 Å². The number of carbonyl (C=O) groups excluding carboxylic acids is 1. The van der Waals surface area contributed by atoms with Gasteiger partial charge >= 0.3 is 0 Å². The SMILES string of the molecule is CCN1C(=O)c2nc(-c3ccc(Cl)nc3)n(Cc3ccc(F)c(F)c3)c2N2CC(C(C)C)N=C12. The summed E-state index contributed by atoms with van der Waals surface area (Å²) in [6.45, 7) is 7.30. The Labute approximate surface area is 200 Å². The molecular formula is C24H23ClF2N6O. The van der Waals surface area contributed by atoms with Gasteiger partial charge in [-0.15, -0.1) is 0 Å². The molecule has 0 saturated carbocycles. The Morgan fingerprint density at radius 1 is 1.18 bits per heavy atom. The molecule has 5 rings (SSSR count). The number of nitrogens with zero attached hydrogens (tertiary/aromatic N) is 6. The van der Waals surface area contributed by atoms with Crippen molar-refractivity contribution in [2.45, 2.75) is 33.4 Å². The minimum Gasteiger partial charge on any atom is -0.305 e. The molecular weight excluding hydrogens is 462 g/mol. The molecule has 1 atom stereocenters. The minimum absolute atomic E-state index is 0.00932. The largest absolute Gasteiger partial charge is 0.305 e. The fourth-order valence-electron chi connectivity index (χ4n) is 4.35. The molecule has 34 heavy (non-hydrogen) atoms. The monoisotopic (exact) mass is 484 g/mol. The number of aromatic nitrogens is 3. The Morgan fingerprint density at radius 3 is 2.62 bits per heavy atom. The Bertz CT molecular complexity index is 1300. The van der Waals surface area contributed by atoms with Crippen molar-refractivity contribution in [3.8, 4) is 11.4 Å². The number of anilines is 1. The summed E-state index contributed by atoms with van der Waals surface area (Å²) in [6, 6.07) is 7.19. The lowest BCUT2D eigenvalue weighted by Crippen LogP contribution is -2.50. The zero-order valence-corrected chi connectivity index (χ0v) is 19.7. The summed E-state index contributed by atoms with van der Waals surface area (Å²) in [5, 5.41) is 0.328. The standard InChI is InChI=1S/C24H23ClF2N6O/c1-4-31-23(34)20-22(33-12-18(13(2)3)29-24(31)33)32(11-14-5-7-16(26)17(27)9-14)21(30-20)15-6-8-19(25)28-10-15/h5-10,13,18H,4,11-12H2,1-3H3. The number of imidazole rings is 1. The van der Waals surface area contributed by atoms with Crippen LogP contribution < -0.4 is 4.90 Å². The molecule has 176 valence electrons. The number of guanidine groups is 1. The first kappa shape index (κ1) is 22.5. The van der Waals surface area contributed by atoms with E-state index in [4.69, 9.17) is 21.6 Å². The average molecular weight is 485 g/mol. The summed E-state index contributed by atoms with van der Waals surface area (Å²) in [4.78, 5) is 30.8. The Kier molecular flexibility index (Phi) is 5.59. The van der Waals surface area contributed by atoms with Crippen molar-refractivity contribution in [2.75, 3.05) is 18.0 Å². The van der Waals surface area contributed by atoms with Gasteiger partial charge < -0.3 is 4.57 Å². The number of hydrogen-bond acceptors (Lipinski definition) is 5. The van der Waals surface area contributed by atoms with Gasteiger partial charge in [-0.25, -0.2) is 23.7 Å². The second kappa shape index (κ2) is 8.47. The van der Waals surface area contributed by atoms with E-state index in [1.54, 1.807) is 23.2 Å². The fraction of sp³-hybridized carbons (Fsp3) is 0.333. The second-order valence-electron chi connectivity index (χ2n) is 8.71. The van der Waals surface area contributed by atoms with Crippen LogP contribution in [0.4, 0.5) is 14.6 Å². The second-order valence-corrected chi connectivity index (χ2v) is 9.10. The first-order valence-electron chi connectivity index (χ1n) is 11.1. The maximum absolute atomic E-state index is 14.0. The van der Waals surface area contributed by atoms with Crippen LogP contribution in [0.1, 0.15) is 36.8 Å². The van der Waals surface area contributed by atoms with E-state index in [0.717, 1.165) is 12.1 Å². The van der Waals surface area contributed by atoms with E-state index < -0.39 is 11.6 Å². The van der Waals surface area contributed by atoms with Crippen molar-refractivity contribution >= 4 is 29.3 Å². The third kappa shape index (κ3) is 3.64. The topological polar surface area (TPSA) is 66.6 Å². The van der Waals surface area contributed by atoms with Gasteiger partial charge in [0.1, 0.15) is 16.8 Å². The number of rotatable bonds is 5. The highest BCUT2D eigenvalue weighted by Gasteiger charge is 2.44. The summed E-state index contributed by atoms with van der Waals surface area (Å²) >= 11 is 5.98. The Hall–Kier alpha value is -3.33. The van der Waals surface area contributed by atoms with Crippen LogP contribution in [0.15, 0.2) is 41.5 Å². The smallest absolute Gasteiger partial charge is 0.283 e. The summed E-state index contributed by atoms with van der Waals surface area (Å²) < 4.78 is 29.4. The molecule has 0 saturated heterocycles. The Morgan fingerprint density at radius 2 is 1.97 bits per heavy atom. The van der Waals surface area contributed by atoms with Crippen molar-refractivity contribution in [1.29, 1.82) is 0 Å². The van der Waals surface area contributed by atoms with Gasteiger partial charge in [0.15, 0.2) is 17.3 Å². The summed E-state index contributed by atoms with van der Waals surface area (Å²) in [7, 11) is 0. The highest BCUT2D eigenvalue weighted by Crippen LogP contribution is 2.37.